The molecule has 0 fully saturated rings. The van der Waals surface area contributed by atoms with E-state index in [9.17, 15) is 4.79 Å². The quantitative estimate of drug-likeness (QED) is 0.839. The van der Waals surface area contributed by atoms with E-state index in [0.29, 0.717) is 13.0 Å². The first kappa shape index (κ1) is 12.9. The molecule has 0 spiro atoms. The van der Waals surface area contributed by atoms with Crippen LogP contribution in [0, 0.1) is 13.8 Å². The first-order chi connectivity index (χ1) is 9.65. The van der Waals surface area contributed by atoms with Crippen LogP contribution in [-0.2, 0) is 13.0 Å². The second-order valence-corrected chi connectivity index (χ2v) is 5.42. The molecule has 0 bridgehead atoms. The van der Waals surface area contributed by atoms with Gasteiger partial charge in [0.25, 0.3) is 0 Å². The Morgan fingerprint density at radius 2 is 1.95 bits per heavy atom. The molecule has 0 aromatic heterocycles. The Morgan fingerprint density at radius 3 is 2.80 bits per heavy atom. The highest BCUT2D eigenvalue weighted by Crippen LogP contribution is 2.31. The zero-order valence-corrected chi connectivity index (χ0v) is 11.9. The molecule has 0 N–H and O–H groups in total. The van der Waals surface area contributed by atoms with Crippen LogP contribution in [0.1, 0.15) is 39.0 Å². The zero-order chi connectivity index (χ0) is 14.1. The van der Waals surface area contributed by atoms with Crippen molar-refractivity contribution in [2.45, 2.75) is 33.3 Å². The summed E-state index contributed by atoms with van der Waals surface area (Å²) in [5.74, 6) is 1.09. The molecule has 0 radical (unpaired) electrons. The average Bonchev–Trinajstić information content (AvgIpc) is 2.82. The fourth-order valence-corrected chi connectivity index (χ4v) is 2.70. The Morgan fingerprint density at radius 1 is 1.10 bits per heavy atom. The van der Waals surface area contributed by atoms with Gasteiger partial charge in [-0.1, -0.05) is 35.9 Å². The molecule has 20 heavy (non-hydrogen) atoms. The molecule has 2 aromatic carbocycles. The van der Waals surface area contributed by atoms with Crippen molar-refractivity contribution >= 4 is 5.78 Å². The number of rotatable bonds is 3. The lowest BCUT2D eigenvalue weighted by Gasteiger charge is -2.12. The van der Waals surface area contributed by atoms with Crippen LogP contribution in [0.5, 0.6) is 5.75 Å². The zero-order valence-electron chi connectivity index (χ0n) is 11.9. The highest BCUT2D eigenvalue weighted by atomic mass is 16.5. The molecule has 1 aliphatic carbocycles. The van der Waals surface area contributed by atoms with Crippen LogP contribution in [0.3, 0.4) is 0 Å². The van der Waals surface area contributed by atoms with E-state index < -0.39 is 0 Å². The summed E-state index contributed by atoms with van der Waals surface area (Å²) in [7, 11) is 0. The monoisotopic (exact) mass is 266 g/mol. The summed E-state index contributed by atoms with van der Waals surface area (Å²) in [5, 5.41) is 0. The minimum absolute atomic E-state index is 0.234. The molecule has 0 unspecified atom stereocenters. The second-order valence-electron chi connectivity index (χ2n) is 5.42. The molecule has 2 nitrogen and oxygen atoms in total. The topological polar surface area (TPSA) is 26.3 Å². The van der Waals surface area contributed by atoms with Crippen LogP contribution >= 0.6 is 0 Å². The first-order valence-electron chi connectivity index (χ1n) is 6.99. The van der Waals surface area contributed by atoms with Gasteiger partial charge in [-0.25, -0.2) is 0 Å². The van der Waals surface area contributed by atoms with Crippen LogP contribution in [0.25, 0.3) is 0 Å². The number of hydrogen-bond donors (Lipinski definition) is 0. The fourth-order valence-electron chi connectivity index (χ4n) is 2.70. The second kappa shape index (κ2) is 5.12. The minimum Gasteiger partial charge on any atom is -0.489 e. The number of carbonyl (C=O) groups is 1. The van der Waals surface area contributed by atoms with Crippen molar-refractivity contribution < 1.29 is 9.53 Å². The van der Waals surface area contributed by atoms with Crippen molar-refractivity contribution in [1.29, 1.82) is 0 Å². The van der Waals surface area contributed by atoms with Crippen LogP contribution < -0.4 is 4.74 Å². The molecule has 0 saturated heterocycles. The van der Waals surface area contributed by atoms with E-state index >= 15 is 0 Å². The lowest BCUT2D eigenvalue weighted by Crippen LogP contribution is -2.01. The highest BCUT2D eigenvalue weighted by molar-refractivity contribution is 6.01. The third-order valence-corrected chi connectivity index (χ3v) is 3.92. The van der Waals surface area contributed by atoms with Gasteiger partial charge < -0.3 is 4.74 Å². The molecule has 2 heteroatoms. The molecule has 0 aliphatic heterocycles. The van der Waals surface area contributed by atoms with Gasteiger partial charge in [-0.15, -0.1) is 0 Å². The van der Waals surface area contributed by atoms with Gasteiger partial charge in [0.1, 0.15) is 12.4 Å². The molecule has 3 rings (SSSR count). The summed E-state index contributed by atoms with van der Waals surface area (Å²) in [4.78, 5) is 11.7. The average molecular weight is 266 g/mol. The molecular formula is C18H18O2. The Hall–Kier alpha value is -2.09. The standard InChI is InChI=1S/C18H18O2/c1-12-6-7-13(2)14(10-12)11-20-18-5-3-4-15-16(18)8-9-17(15)19/h3-7,10H,8-9,11H2,1-2H3. The van der Waals surface area contributed by atoms with Crippen molar-refractivity contribution in [3.05, 3.63) is 64.2 Å². The van der Waals surface area contributed by atoms with Gasteiger partial charge >= 0.3 is 0 Å². The number of carbonyl (C=O) groups excluding carboxylic acids is 1. The Labute approximate surface area is 119 Å². The van der Waals surface area contributed by atoms with Crippen molar-refractivity contribution in [3.8, 4) is 5.75 Å². The molecule has 0 atom stereocenters. The SMILES string of the molecule is Cc1ccc(C)c(COc2cccc3c2CCC3=O)c1. The predicted molar refractivity (Wildman–Crippen MR) is 79.3 cm³/mol. The van der Waals surface area contributed by atoms with Crippen molar-refractivity contribution in [2.24, 2.45) is 0 Å². The molecular weight excluding hydrogens is 248 g/mol. The molecule has 2 aromatic rings. The number of aryl methyl sites for hydroxylation is 2. The van der Waals surface area contributed by atoms with Gasteiger partial charge in [0, 0.05) is 17.5 Å². The molecule has 1 aliphatic rings. The van der Waals surface area contributed by atoms with Gasteiger partial charge in [0.2, 0.25) is 0 Å². The Bertz CT molecular complexity index is 671. The minimum atomic E-state index is 0.234. The van der Waals surface area contributed by atoms with Gasteiger partial charge in [0.05, 0.1) is 0 Å². The molecule has 0 amide bonds. The number of ether oxygens (including phenoxy) is 1. The largest absolute Gasteiger partial charge is 0.489 e. The number of fused-ring (bicyclic) bond motifs is 1. The van der Waals surface area contributed by atoms with E-state index in [1.165, 1.54) is 16.7 Å². The summed E-state index contributed by atoms with van der Waals surface area (Å²) in [6, 6.07) is 12.1. The molecule has 0 saturated carbocycles. The summed E-state index contributed by atoms with van der Waals surface area (Å²) in [6.45, 7) is 4.73. The summed E-state index contributed by atoms with van der Waals surface area (Å²) < 4.78 is 5.97. The third kappa shape index (κ3) is 2.34. The van der Waals surface area contributed by atoms with Crippen LogP contribution in [0.2, 0.25) is 0 Å². The number of ketones is 1. The van der Waals surface area contributed by atoms with Gasteiger partial charge in [-0.2, -0.15) is 0 Å². The normalized spacial score (nSPS) is 13.4. The lowest BCUT2D eigenvalue weighted by atomic mass is 10.1. The van der Waals surface area contributed by atoms with E-state index in [1.54, 1.807) is 0 Å². The third-order valence-electron chi connectivity index (χ3n) is 3.92. The number of Topliss-reactive ketones (excluding diaryl/α,β-unsaturated/α-hetero) is 1. The van der Waals surface area contributed by atoms with Crippen molar-refractivity contribution in [1.82, 2.24) is 0 Å². The predicted octanol–water partition coefficient (Wildman–Crippen LogP) is 4.01. The van der Waals surface area contributed by atoms with E-state index in [1.807, 2.05) is 18.2 Å². The van der Waals surface area contributed by atoms with Crippen molar-refractivity contribution in [3.63, 3.8) is 0 Å². The summed E-state index contributed by atoms with van der Waals surface area (Å²) >= 11 is 0. The van der Waals surface area contributed by atoms with E-state index in [0.717, 1.165) is 23.3 Å². The van der Waals surface area contributed by atoms with Gasteiger partial charge in [-0.05, 0) is 37.5 Å². The number of benzene rings is 2. The maximum Gasteiger partial charge on any atom is 0.163 e. The van der Waals surface area contributed by atoms with E-state index in [4.69, 9.17) is 4.74 Å². The fraction of sp³-hybridized carbons (Fsp3) is 0.278. The maximum atomic E-state index is 11.7. The smallest absolute Gasteiger partial charge is 0.163 e. The summed E-state index contributed by atoms with van der Waals surface area (Å²) in [6.07, 6.45) is 1.41. The van der Waals surface area contributed by atoms with Gasteiger partial charge in [-0.3, -0.25) is 4.79 Å². The highest BCUT2D eigenvalue weighted by Gasteiger charge is 2.22. The Balaban J connectivity index is 1.83. The first-order valence-corrected chi connectivity index (χ1v) is 6.99. The van der Waals surface area contributed by atoms with Crippen LogP contribution in [-0.4, -0.2) is 5.78 Å². The van der Waals surface area contributed by atoms with E-state index in [-0.39, 0.29) is 5.78 Å². The van der Waals surface area contributed by atoms with Gasteiger partial charge in [0.15, 0.2) is 5.78 Å². The van der Waals surface area contributed by atoms with Crippen molar-refractivity contribution in [2.75, 3.05) is 0 Å². The molecule has 0 heterocycles. The van der Waals surface area contributed by atoms with Crippen LogP contribution in [0.15, 0.2) is 36.4 Å². The van der Waals surface area contributed by atoms with E-state index in [2.05, 4.69) is 32.0 Å². The number of hydrogen-bond acceptors (Lipinski definition) is 2. The van der Waals surface area contributed by atoms with Crippen LogP contribution in [0.4, 0.5) is 0 Å². The Kier molecular flexibility index (Phi) is 3.31. The molecule has 102 valence electrons. The summed E-state index contributed by atoms with van der Waals surface area (Å²) in [5.41, 5.74) is 5.58. The maximum absolute atomic E-state index is 11.7. The lowest BCUT2D eigenvalue weighted by molar-refractivity contribution is 0.0994.